The van der Waals surface area contributed by atoms with Crippen LogP contribution in [-0.4, -0.2) is 51.8 Å². The van der Waals surface area contributed by atoms with Crippen molar-refractivity contribution in [3.8, 4) is 11.6 Å². The summed E-state index contributed by atoms with van der Waals surface area (Å²) in [6, 6.07) is 10.3. The molecule has 2 aromatic heterocycles. The molecule has 1 fully saturated rings. The molecule has 2 aliphatic heterocycles. The number of benzene rings is 1. The maximum atomic E-state index is 12.9. The molecule has 0 bridgehead atoms. The molecule has 6 rings (SSSR count). The Morgan fingerprint density at radius 3 is 2.38 bits per heavy atom. The van der Waals surface area contributed by atoms with E-state index < -0.39 is 6.10 Å². The first-order valence-corrected chi connectivity index (χ1v) is 11.3. The minimum absolute atomic E-state index is 0.0478. The van der Waals surface area contributed by atoms with Crippen LogP contribution in [0.1, 0.15) is 46.4 Å². The first-order valence-electron chi connectivity index (χ1n) is 11.3. The molecule has 3 aromatic rings. The van der Waals surface area contributed by atoms with Crippen LogP contribution in [-0.2, 0) is 4.79 Å². The van der Waals surface area contributed by atoms with Crippen molar-refractivity contribution < 1.29 is 23.9 Å². The van der Waals surface area contributed by atoms with Crippen LogP contribution in [0.4, 0.5) is 5.69 Å². The van der Waals surface area contributed by atoms with Gasteiger partial charge in [-0.2, -0.15) is 0 Å². The molecule has 4 heterocycles. The van der Waals surface area contributed by atoms with E-state index in [0.717, 1.165) is 0 Å². The van der Waals surface area contributed by atoms with Gasteiger partial charge in [0.05, 0.1) is 30.0 Å². The van der Waals surface area contributed by atoms with Gasteiger partial charge in [0.25, 0.3) is 17.7 Å². The molecule has 9 nitrogen and oxygen atoms in total. The largest absolute Gasteiger partial charge is 0.481 e. The predicted octanol–water partition coefficient (Wildman–Crippen LogP) is 3.19. The van der Waals surface area contributed by atoms with Gasteiger partial charge in [-0.1, -0.05) is 12.1 Å². The summed E-state index contributed by atoms with van der Waals surface area (Å²) >= 11 is 0. The topological polar surface area (TPSA) is 111 Å². The lowest BCUT2D eigenvalue weighted by atomic mass is 9.81. The first-order chi connectivity index (χ1) is 16.5. The molecular weight excluding hydrogens is 436 g/mol. The number of rotatable bonds is 3. The number of aromatic nitrogens is 2. The fourth-order valence-corrected chi connectivity index (χ4v) is 5.24. The highest BCUT2D eigenvalue weighted by atomic mass is 16.5. The van der Waals surface area contributed by atoms with Crippen LogP contribution < -0.4 is 14.8 Å². The van der Waals surface area contributed by atoms with E-state index in [-0.39, 0.29) is 29.7 Å². The van der Waals surface area contributed by atoms with Gasteiger partial charge in [-0.15, -0.1) is 0 Å². The summed E-state index contributed by atoms with van der Waals surface area (Å²) in [4.78, 5) is 48.8. The summed E-state index contributed by atoms with van der Waals surface area (Å²) in [7, 11) is 1.54. The average Bonchev–Trinajstić information content (AvgIpc) is 3.13. The second kappa shape index (κ2) is 7.79. The quantitative estimate of drug-likeness (QED) is 0.600. The highest BCUT2D eigenvalue weighted by Crippen LogP contribution is 2.41. The SMILES string of the molecule is COc1ccc2ncc3c(c2n1)OC([C@H]1CC[C@H](N2C(=O)c4ccccc4C2=O)CC1)C(=O)N3. The molecule has 34 heavy (non-hydrogen) atoms. The molecule has 0 spiro atoms. The molecule has 1 aromatic carbocycles. The number of ether oxygens (including phenoxy) is 2. The molecule has 1 saturated carbocycles. The summed E-state index contributed by atoms with van der Waals surface area (Å²) in [5.41, 5.74) is 2.58. The molecule has 1 atom stereocenters. The summed E-state index contributed by atoms with van der Waals surface area (Å²) < 4.78 is 11.5. The van der Waals surface area contributed by atoms with Crippen molar-refractivity contribution in [2.45, 2.75) is 37.8 Å². The number of imide groups is 1. The number of hydrogen-bond donors (Lipinski definition) is 1. The highest BCUT2D eigenvalue weighted by molar-refractivity contribution is 6.21. The van der Waals surface area contributed by atoms with E-state index in [1.807, 2.05) is 0 Å². The van der Waals surface area contributed by atoms with Crippen molar-refractivity contribution in [2.24, 2.45) is 5.92 Å². The second-order valence-corrected chi connectivity index (χ2v) is 8.84. The van der Waals surface area contributed by atoms with Crippen LogP contribution in [0.3, 0.4) is 0 Å². The van der Waals surface area contributed by atoms with Gasteiger partial charge in [-0.05, 0) is 43.9 Å². The Bertz CT molecular complexity index is 1310. The van der Waals surface area contributed by atoms with Crippen LogP contribution in [0.15, 0.2) is 42.6 Å². The van der Waals surface area contributed by atoms with Gasteiger partial charge >= 0.3 is 0 Å². The summed E-state index contributed by atoms with van der Waals surface area (Å²) in [5.74, 6) is 0.179. The van der Waals surface area contributed by atoms with Crippen molar-refractivity contribution in [3.05, 3.63) is 53.7 Å². The van der Waals surface area contributed by atoms with Gasteiger partial charge in [0.15, 0.2) is 11.9 Å². The average molecular weight is 458 g/mol. The minimum atomic E-state index is -0.686. The van der Waals surface area contributed by atoms with E-state index in [1.165, 1.54) is 12.0 Å². The summed E-state index contributed by atoms with van der Waals surface area (Å²) in [6.07, 6.45) is 3.45. The fourth-order valence-electron chi connectivity index (χ4n) is 5.24. The zero-order valence-corrected chi connectivity index (χ0v) is 18.5. The third kappa shape index (κ3) is 3.11. The third-order valence-corrected chi connectivity index (χ3v) is 6.97. The maximum Gasteiger partial charge on any atom is 0.265 e. The van der Waals surface area contributed by atoms with Crippen molar-refractivity contribution in [1.82, 2.24) is 14.9 Å². The molecule has 0 saturated heterocycles. The number of carbonyl (C=O) groups excluding carboxylic acids is 3. The number of pyridine rings is 2. The number of anilines is 1. The number of nitrogens with zero attached hydrogens (tertiary/aromatic N) is 3. The van der Waals surface area contributed by atoms with E-state index in [4.69, 9.17) is 9.47 Å². The predicted molar refractivity (Wildman–Crippen MR) is 122 cm³/mol. The summed E-state index contributed by atoms with van der Waals surface area (Å²) in [6.45, 7) is 0. The lowest BCUT2D eigenvalue weighted by Crippen LogP contribution is -2.47. The van der Waals surface area contributed by atoms with Crippen molar-refractivity contribution in [3.63, 3.8) is 0 Å². The Morgan fingerprint density at radius 1 is 1.00 bits per heavy atom. The van der Waals surface area contributed by atoms with Crippen LogP contribution in [0.2, 0.25) is 0 Å². The van der Waals surface area contributed by atoms with Crippen molar-refractivity contribution >= 4 is 34.4 Å². The lowest BCUT2D eigenvalue weighted by molar-refractivity contribution is -0.126. The molecule has 0 radical (unpaired) electrons. The van der Waals surface area contributed by atoms with Crippen molar-refractivity contribution in [2.75, 3.05) is 12.4 Å². The Hall–Kier alpha value is -4.01. The number of carbonyl (C=O) groups is 3. The molecule has 1 N–H and O–H groups in total. The van der Waals surface area contributed by atoms with Crippen LogP contribution in [0.5, 0.6) is 11.6 Å². The lowest BCUT2D eigenvalue weighted by Gasteiger charge is -2.37. The second-order valence-electron chi connectivity index (χ2n) is 8.84. The van der Waals surface area contributed by atoms with Gasteiger partial charge in [0.2, 0.25) is 5.88 Å². The fraction of sp³-hybridized carbons (Fsp3) is 0.320. The molecule has 1 unspecified atom stereocenters. The highest BCUT2D eigenvalue weighted by Gasteiger charge is 2.44. The Balaban J connectivity index is 1.21. The standard InChI is InChI=1S/C25H22N4O5/c1-33-19-11-10-17-20(28-19)22-18(12-26-17)27-23(30)21(34-22)13-6-8-14(9-7-13)29-24(31)15-4-2-3-5-16(15)25(29)32/h2-5,10-14,21H,6-9H2,1H3,(H,27,30)/t13-,14-,21?. The molecule has 3 aliphatic rings. The maximum absolute atomic E-state index is 12.9. The van der Waals surface area contributed by atoms with E-state index in [1.54, 1.807) is 42.6 Å². The number of fused-ring (bicyclic) bond motifs is 4. The molecule has 3 amide bonds. The van der Waals surface area contributed by atoms with Crippen LogP contribution >= 0.6 is 0 Å². The Labute approximate surface area is 195 Å². The number of nitrogens with one attached hydrogen (secondary N) is 1. The number of hydrogen-bond acceptors (Lipinski definition) is 7. The molecule has 9 heteroatoms. The van der Waals surface area contributed by atoms with Gasteiger partial charge in [0.1, 0.15) is 11.2 Å². The first kappa shape index (κ1) is 20.6. The van der Waals surface area contributed by atoms with E-state index in [0.29, 0.717) is 65.2 Å². The third-order valence-electron chi connectivity index (χ3n) is 6.97. The Kier molecular flexibility index (Phi) is 4.72. The van der Waals surface area contributed by atoms with Crippen LogP contribution in [0.25, 0.3) is 11.0 Å². The molecule has 172 valence electrons. The van der Waals surface area contributed by atoms with Gasteiger partial charge < -0.3 is 14.8 Å². The summed E-state index contributed by atoms with van der Waals surface area (Å²) in [5, 5.41) is 2.90. The van der Waals surface area contributed by atoms with Gasteiger partial charge in [-0.25, -0.2) is 4.98 Å². The zero-order chi connectivity index (χ0) is 23.4. The number of amides is 3. The van der Waals surface area contributed by atoms with Crippen molar-refractivity contribution in [1.29, 1.82) is 0 Å². The zero-order valence-electron chi connectivity index (χ0n) is 18.5. The van der Waals surface area contributed by atoms with E-state index in [2.05, 4.69) is 15.3 Å². The van der Waals surface area contributed by atoms with Crippen LogP contribution in [0, 0.1) is 5.92 Å². The molecule has 1 aliphatic carbocycles. The normalized spacial score (nSPS) is 23.9. The minimum Gasteiger partial charge on any atom is -0.481 e. The van der Waals surface area contributed by atoms with E-state index >= 15 is 0 Å². The molecular formula is C25H22N4O5. The number of methoxy groups -OCH3 is 1. The van der Waals surface area contributed by atoms with E-state index in [9.17, 15) is 14.4 Å². The smallest absolute Gasteiger partial charge is 0.265 e. The monoisotopic (exact) mass is 458 g/mol. The van der Waals surface area contributed by atoms with Gasteiger partial charge in [-0.3, -0.25) is 24.3 Å². The van der Waals surface area contributed by atoms with Gasteiger partial charge in [0, 0.05) is 18.0 Å². The Morgan fingerprint density at radius 2 is 1.71 bits per heavy atom.